The number of anilines is 1. The van der Waals surface area contributed by atoms with Crippen LogP contribution in [0.4, 0.5) is 5.82 Å². The van der Waals surface area contributed by atoms with E-state index in [0.717, 1.165) is 36.7 Å². The van der Waals surface area contributed by atoms with Crippen molar-refractivity contribution >= 4 is 22.8 Å². The molecule has 1 aliphatic rings. The normalized spacial score (nSPS) is 17.8. The number of fused-ring (bicyclic) bond motifs is 1. The van der Waals surface area contributed by atoms with Crippen molar-refractivity contribution in [1.82, 2.24) is 14.5 Å². The Morgan fingerprint density at radius 1 is 1.38 bits per heavy atom. The zero-order valence-corrected chi connectivity index (χ0v) is 12.1. The second-order valence-electron chi connectivity index (χ2n) is 5.74. The summed E-state index contributed by atoms with van der Waals surface area (Å²) in [5.74, 6) is -0.0836. The molecule has 0 bridgehead atoms. The molecule has 1 fully saturated rings. The van der Waals surface area contributed by atoms with E-state index in [-0.39, 0.29) is 5.92 Å². The summed E-state index contributed by atoms with van der Waals surface area (Å²) in [4.78, 5) is 20.2. The first-order valence-corrected chi connectivity index (χ1v) is 7.42. The lowest BCUT2D eigenvalue weighted by atomic mass is 9.84. The highest BCUT2D eigenvalue weighted by molar-refractivity contribution is 5.88. The van der Waals surface area contributed by atoms with Crippen LogP contribution in [0.1, 0.15) is 32.1 Å². The van der Waals surface area contributed by atoms with Gasteiger partial charge in [-0.15, -0.1) is 0 Å². The van der Waals surface area contributed by atoms with E-state index in [1.54, 1.807) is 12.5 Å². The van der Waals surface area contributed by atoms with Crippen LogP contribution in [0.3, 0.4) is 0 Å². The van der Waals surface area contributed by atoms with Crippen LogP contribution in [0.15, 0.2) is 18.6 Å². The number of nitrogens with zero attached hydrogens (tertiary/aromatic N) is 3. The predicted octanol–water partition coefficient (Wildman–Crippen LogP) is 2.41. The van der Waals surface area contributed by atoms with Gasteiger partial charge in [0.2, 0.25) is 0 Å². The van der Waals surface area contributed by atoms with E-state index >= 15 is 0 Å². The van der Waals surface area contributed by atoms with Gasteiger partial charge in [0.25, 0.3) is 0 Å². The van der Waals surface area contributed by atoms with E-state index in [9.17, 15) is 9.90 Å². The van der Waals surface area contributed by atoms with Gasteiger partial charge in [-0.3, -0.25) is 0 Å². The number of aryl methyl sites for hydroxylation is 1. The predicted molar refractivity (Wildman–Crippen MR) is 80.1 cm³/mol. The Labute approximate surface area is 123 Å². The van der Waals surface area contributed by atoms with Gasteiger partial charge in [-0.25, -0.2) is 14.8 Å². The summed E-state index contributed by atoms with van der Waals surface area (Å²) in [5.41, 5.74) is 1.67. The molecular weight excluding hydrogens is 268 g/mol. The summed E-state index contributed by atoms with van der Waals surface area (Å²) in [7, 11) is 1.91. The molecule has 3 rings (SSSR count). The molecule has 0 aromatic carbocycles. The van der Waals surface area contributed by atoms with Crippen molar-refractivity contribution in [2.24, 2.45) is 13.0 Å². The van der Waals surface area contributed by atoms with Crippen LogP contribution in [0.5, 0.6) is 0 Å². The average Bonchev–Trinajstić information content (AvgIpc) is 2.88. The molecule has 2 N–H and O–H groups in total. The van der Waals surface area contributed by atoms with Crippen LogP contribution in [-0.2, 0) is 11.8 Å². The smallest absolute Gasteiger partial charge is 0.326 e. The molecule has 2 heterocycles. The number of nitrogens with one attached hydrogen (secondary N) is 1. The largest absolute Gasteiger partial charge is 0.480 e. The van der Waals surface area contributed by atoms with E-state index in [1.165, 1.54) is 6.42 Å². The van der Waals surface area contributed by atoms with Gasteiger partial charge < -0.3 is 15.0 Å². The number of hydrogen-bond acceptors (Lipinski definition) is 4. The minimum atomic E-state index is -0.809. The molecule has 1 aliphatic carbocycles. The zero-order chi connectivity index (χ0) is 14.8. The Balaban J connectivity index is 1.89. The summed E-state index contributed by atoms with van der Waals surface area (Å²) >= 11 is 0. The molecule has 1 unspecified atom stereocenters. The number of carbonyl (C=O) groups is 1. The van der Waals surface area contributed by atoms with Crippen molar-refractivity contribution in [3.05, 3.63) is 18.6 Å². The monoisotopic (exact) mass is 288 g/mol. The first-order chi connectivity index (χ1) is 10.2. The molecule has 0 amide bonds. The fourth-order valence-electron chi connectivity index (χ4n) is 3.16. The molecule has 0 aliphatic heterocycles. The van der Waals surface area contributed by atoms with Crippen molar-refractivity contribution in [3.8, 4) is 0 Å². The number of rotatable bonds is 4. The Morgan fingerprint density at radius 2 is 2.14 bits per heavy atom. The van der Waals surface area contributed by atoms with Crippen LogP contribution in [0, 0.1) is 5.92 Å². The molecule has 0 spiro atoms. The SMILES string of the molecule is Cn1cnc2c(NC(C(=O)O)C3CCCCC3)nccc21. The van der Waals surface area contributed by atoms with Gasteiger partial charge in [-0.1, -0.05) is 19.3 Å². The van der Waals surface area contributed by atoms with Crippen molar-refractivity contribution in [2.75, 3.05) is 5.32 Å². The van der Waals surface area contributed by atoms with Crippen molar-refractivity contribution in [2.45, 2.75) is 38.1 Å². The lowest BCUT2D eigenvalue weighted by Crippen LogP contribution is -2.38. The molecule has 112 valence electrons. The summed E-state index contributed by atoms with van der Waals surface area (Å²) in [6.45, 7) is 0. The number of pyridine rings is 1. The second-order valence-corrected chi connectivity index (χ2v) is 5.74. The molecule has 0 saturated heterocycles. The van der Waals surface area contributed by atoms with Crippen molar-refractivity contribution in [1.29, 1.82) is 0 Å². The molecule has 6 nitrogen and oxygen atoms in total. The third kappa shape index (κ3) is 2.70. The minimum Gasteiger partial charge on any atom is -0.480 e. The highest BCUT2D eigenvalue weighted by atomic mass is 16.4. The van der Waals surface area contributed by atoms with Gasteiger partial charge in [-0.05, 0) is 24.8 Å². The lowest BCUT2D eigenvalue weighted by Gasteiger charge is -2.28. The minimum absolute atomic E-state index is 0.164. The molecule has 1 atom stereocenters. The fraction of sp³-hybridized carbons (Fsp3) is 0.533. The summed E-state index contributed by atoms with van der Waals surface area (Å²) in [6.07, 6.45) is 8.75. The molecule has 0 radical (unpaired) electrons. The van der Waals surface area contributed by atoms with E-state index in [0.29, 0.717) is 5.82 Å². The fourth-order valence-corrected chi connectivity index (χ4v) is 3.16. The van der Waals surface area contributed by atoms with Gasteiger partial charge in [0.1, 0.15) is 11.6 Å². The third-order valence-electron chi connectivity index (χ3n) is 4.32. The van der Waals surface area contributed by atoms with Crippen molar-refractivity contribution in [3.63, 3.8) is 0 Å². The van der Waals surface area contributed by atoms with E-state index in [4.69, 9.17) is 0 Å². The van der Waals surface area contributed by atoms with Gasteiger partial charge in [0, 0.05) is 13.2 Å². The maximum atomic E-state index is 11.6. The topological polar surface area (TPSA) is 80.0 Å². The van der Waals surface area contributed by atoms with Crippen LogP contribution >= 0.6 is 0 Å². The molecule has 2 aromatic heterocycles. The van der Waals surface area contributed by atoms with Gasteiger partial charge in [0.15, 0.2) is 5.82 Å². The quantitative estimate of drug-likeness (QED) is 0.903. The Bertz CT molecular complexity index is 646. The maximum Gasteiger partial charge on any atom is 0.326 e. The Hall–Kier alpha value is -2.11. The number of imidazole rings is 1. The second kappa shape index (κ2) is 5.71. The van der Waals surface area contributed by atoms with Gasteiger partial charge in [0.05, 0.1) is 11.8 Å². The number of aromatic nitrogens is 3. The summed E-state index contributed by atoms with van der Waals surface area (Å²) in [6, 6.07) is 1.29. The van der Waals surface area contributed by atoms with E-state index in [2.05, 4.69) is 15.3 Å². The highest BCUT2D eigenvalue weighted by Crippen LogP contribution is 2.29. The lowest BCUT2D eigenvalue weighted by molar-refractivity contribution is -0.139. The number of hydrogen-bond donors (Lipinski definition) is 2. The molecule has 21 heavy (non-hydrogen) atoms. The molecular formula is C15H20N4O2. The first kappa shape index (κ1) is 13.9. The standard InChI is InChI=1S/C15H20N4O2/c1-19-9-17-13-11(19)7-8-16-14(13)18-12(15(20)21)10-5-3-2-4-6-10/h7-10,12H,2-6H2,1H3,(H,16,18)(H,20,21). The van der Waals surface area contributed by atoms with Crippen molar-refractivity contribution < 1.29 is 9.90 Å². The van der Waals surface area contributed by atoms with E-state index < -0.39 is 12.0 Å². The average molecular weight is 288 g/mol. The van der Waals surface area contributed by atoms with Crippen LogP contribution < -0.4 is 5.32 Å². The highest BCUT2D eigenvalue weighted by Gasteiger charge is 2.30. The van der Waals surface area contributed by atoms with Gasteiger partial charge in [-0.2, -0.15) is 0 Å². The van der Waals surface area contributed by atoms with Crippen LogP contribution in [0.25, 0.3) is 11.0 Å². The molecule has 6 heteroatoms. The Kier molecular flexibility index (Phi) is 3.77. The summed E-state index contributed by atoms with van der Waals surface area (Å²) in [5, 5.41) is 12.7. The number of carboxylic acid groups (broad SMARTS) is 1. The van der Waals surface area contributed by atoms with Crippen LogP contribution in [0.2, 0.25) is 0 Å². The number of carboxylic acids is 1. The number of aliphatic carboxylic acids is 1. The summed E-state index contributed by atoms with van der Waals surface area (Å²) < 4.78 is 1.90. The van der Waals surface area contributed by atoms with Crippen LogP contribution in [-0.4, -0.2) is 31.7 Å². The van der Waals surface area contributed by atoms with Gasteiger partial charge >= 0.3 is 5.97 Å². The molecule has 2 aromatic rings. The zero-order valence-electron chi connectivity index (χ0n) is 12.1. The van der Waals surface area contributed by atoms with E-state index in [1.807, 2.05) is 17.7 Å². The molecule has 1 saturated carbocycles. The third-order valence-corrected chi connectivity index (χ3v) is 4.32. The Morgan fingerprint density at radius 3 is 2.86 bits per heavy atom. The maximum absolute atomic E-state index is 11.6. The first-order valence-electron chi connectivity index (χ1n) is 7.42.